The molecular weight excluding hydrogens is 242 g/mol. The number of aromatic nitrogens is 1. The van der Waals surface area contributed by atoms with Crippen LogP contribution in [0, 0.1) is 6.92 Å². The van der Waals surface area contributed by atoms with Gasteiger partial charge in [-0.3, -0.25) is 4.79 Å². The first-order valence-electron chi connectivity index (χ1n) is 5.78. The zero-order valence-corrected chi connectivity index (χ0v) is 10.8. The first-order valence-corrected chi connectivity index (χ1v) is 5.78. The zero-order chi connectivity index (χ0) is 13.8. The highest BCUT2D eigenvalue weighted by Gasteiger charge is 2.08. The Labute approximate surface area is 111 Å². The van der Waals surface area contributed by atoms with Crippen LogP contribution in [0.4, 0.5) is 11.5 Å². The first-order chi connectivity index (χ1) is 9.10. The Morgan fingerprint density at radius 3 is 2.47 bits per heavy atom. The van der Waals surface area contributed by atoms with Crippen LogP contribution in [0.2, 0.25) is 0 Å². The molecule has 0 aliphatic rings. The average Bonchev–Trinajstić information content (AvgIpc) is 2.42. The van der Waals surface area contributed by atoms with Crippen molar-refractivity contribution in [2.75, 3.05) is 18.2 Å². The number of methoxy groups -OCH3 is 1. The van der Waals surface area contributed by atoms with E-state index in [1.54, 1.807) is 50.4 Å². The van der Waals surface area contributed by atoms with Crippen LogP contribution in [0.15, 0.2) is 36.4 Å². The number of nitrogens with zero attached hydrogens (tertiary/aromatic N) is 1. The van der Waals surface area contributed by atoms with Crippen LogP contribution < -0.4 is 15.8 Å². The number of amides is 1. The number of anilines is 2. The van der Waals surface area contributed by atoms with E-state index in [1.807, 2.05) is 0 Å². The summed E-state index contributed by atoms with van der Waals surface area (Å²) in [7, 11) is 1.58. The number of rotatable bonds is 3. The highest BCUT2D eigenvalue weighted by atomic mass is 16.5. The second-order valence-electron chi connectivity index (χ2n) is 4.05. The second-order valence-corrected chi connectivity index (χ2v) is 4.05. The molecule has 0 fully saturated rings. The molecule has 1 aromatic carbocycles. The monoisotopic (exact) mass is 257 g/mol. The number of carbonyl (C=O) groups is 1. The summed E-state index contributed by atoms with van der Waals surface area (Å²) in [5, 5.41) is 2.79. The summed E-state index contributed by atoms with van der Waals surface area (Å²) in [5.74, 6) is 0.944. The van der Waals surface area contributed by atoms with Crippen LogP contribution in [-0.4, -0.2) is 18.0 Å². The van der Waals surface area contributed by atoms with Gasteiger partial charge in [0.25, 0.3) is 5.91 Å². The van der Waals surface area contributed by atoms with E-state index in [0.717, 1.165) is 0 Å². The molecule has 2 aromatic rings. The van der Waals surface area contributed by atoms with Crippen LogP contribution in [0.1, 0.15) is 16.1 Å². The van der Waals surface area contributed by atoms with Gasteiger partial charge in [0.1, 0.15) is 11.6 Å². The number of hydrogen-bond acceptors (Lipinski definition) is 4. The van der Waals surface area contributed by atoms with E-state index in [4.69, 9.17) is 10.5 Å². The highest BCUT2D eigenvalue weighted by Crippen LogP contribution is 2.16. The van der Waals surface area contributed by atoms with Gasteiger partial charge >= 0.3 is 0 Å². The van der Waals surface area contributed by atoms with E-state index in [9.17, 15) is 4.79 Å². The van der Waals surface area contributed by atoms with E-state index in [1.165, 1.54) is 0 Å². The molecule has 0 radical (unpaired) electrons. The Morgan fingerprint density at radius 2 is 1.89 bits per heavy atom. The predicted octanol–water partition coefficient (Wildman–Crippen LogP) is 2.23. The number of ether oxygens (including phenoxy) is 1. The van der Waals surface area contributed by atoms with Gasteiger partial charge in [-0.25, -0.2) is 4.98 Å². The zero-order valence-electron chi connectivity index (χ0n) is 10.8. The summed E-state index contributed by atoms with van der Waals surface area (Å²) in [6, 6.07) is 10.3. The lowest BCUT2D eigenvalue weighted by Gasteiger charge is -2.08. The van der Waals surface area contributed by atoms with E-state index in [2.05, 4.69) is 10.3 Å². The maximum Gasteiger partial charge on any atom is 0.255 e. The molecule has 0 spiro atoms. The minimum atomic E-state index is -0.197. The van der Waals surface area contributed by atoms with Crippen molar-refractivity contribution in [1.29, 1.82) is 0 Å². The summed E-state index contributed by atoms with van der Waals surface area (Å²) in [6.45, 7) is 1.79. The minimum Gasteiger partial charge on any atom is -0.497 e. The van der Waals surface area contributed by atoms with E-state index in [0.29, 0.717) is 28.5 Å². The van der Waals surface area contributed by atoms with Gasteiger partial charge in [-0.15, -0.1) is 0 Å². The molecule has 0 saturated heterocycles. The molecular formula is C14H15N3O2. The third-order valence-corrected chi connectivity index (χ3v) is 2.71. The molecule has 2 rings (SSSR count). The number of carbonyl (C=O) groups excluding carboxylic acids is 1. The van der Waals surface area contributed by atoms with Crippen molar-refractivity contribution >= 4 is 17.4 Å². The molecule has 3 N–H and O–H groups in total. The molecule has 98 valence electrons. The molecule has 1 heterocycles. The maximum atomic E-state index is 12.0. The van der Waals surface area contributed by atoms with Gasteiger partial charge in [-0.05, 0) is 43.3 Å². The Hall–Kier alpha value is -2.56. The van der Waals surface area contributed by atoms with Crippen LogP contribution in [0.25, 0.3) is 0 Å². The predicted molar refractivity (Wildman–Crippen MR) is 74.3 cm³/mol. The van der Waals surface area contributed by atoms with Crippen molar-refractivity contribution in [2.45, 2.75) is 6.92 Å². The fourth-order valence-corrected chi connectivity index (χ4v) is 1.65. The third kappa shape index (κ3) is 3.01. The SMILES string of the molecule is COc1ccc(C(=O)Nc2ccc(N)nc2C)cc1. The Kier molecular flexibility index (Phi) is 3.66. The number of aryl methyl sites for hydroxylation is 1. The number of benzene rings is 1. The Balaban J connectivity index is 2.15. The molecule has 0 aliphatic carbocycles. The normalized spacial score (nSPS) is 10.0. The van der Waals surface area contributed by atoms with Gasteiger partial charge in [0.15, 0.2) is 0 Å². The van der Waals surface area contributed by atoms with Gasteiger partial charge in [-0.2, -0.15) is 0 Å². The summed E-state index contributed by atoms with van der Waals surface area (Å²) in [6.07, 6.45) is 0. The largest absolute Gasteiger partial charge is 0.497 e. The van der Waals surface area contributed by atoms with Crippen molar-refractivity contribution in [2.24, 2.45) is 0 Å². The summed E-state index contributed by atoms with van der Waals surface area (Å²) < 4.78 is 5.04. The molecule has 1 amide bonds. The molecule has 1 aromatic heterocycles. The number of pyridine rings is 1. The lowest BCUT2D eigenvalue weighted by molar-refractivity contribution is 0.102. The van der Waals surface area contributed by atoms with Crippen LogP contribution in [0.5, 0.6) is 5.75 Å². The fourth-order valence-electron chi connectivity index (χ4n) is 1.65. The summed E-state index contributed by atoms with van der Waals surface area (Å²) in [5.41, 5.74) is 7.45. The van der Waals surface area contributed by atoms with Crippen molar-refractivity contribution in [1.82, 2.24) is 4.98 Å². The van der Waals surface area contributed by atoms with Crippen molar-refractivity contribution in [3.8, 4) is 5.75 Å². The molecule has 5 heteroatoms. The molecule has 19 heavy (non-hydrogen) atoms. The van der Waals surface area contributed by atoms with Crippen molar-refractivity contribution in [3.05, 3.63) is 47.7 Å². The van der Waals surface area contributed by atoms with E-state index in [-0.39, 0.29) is 5.91 Å². The highest BCUT2D eigenvalue weighted by molar-refractivity contribution is 6.04. The standard InChI is InChI=1S/C14H15N3O2/c1-9-12(7-8-13(15)16-9)17-14(18)10-3-5-11(19-2)6-4-10/h3-8H,1-2H3,(H2,15,16)(H,17,18). The van der Waals surface area contributed by atoms with Gasteiger partial charge in [-0.1, -0.05) is 0 Å². The molecule has 0 bridgehead atoms. The second kappa shape index (κ2) is 5.39. The van der Waals surface area contributed by atoms with E-state index >= 15 is 0 Å². The topological polar surface area (TPSA) is 77.2 Å². The van der Waals surface area contributed by atoms with Crippen LogP contribution in [-0.2, 0) is 0 Å². The number of nitrogens with one attached hydrogen (secondary N) is 1. The molecule has 0 aliphatic heterocycles. The summed E-state index contributed by atoms with van der Waals surface area (Å²) >= 11 is 0. The summed E-state index contributed by atoms with van der Waals surface area (Å²) in [4.78, 5) is 16.1. The smallest absolute Gasteiger partial charge is 0.255 e. The molecule has 5 nitrogen and oxygen atoms in total. The van der Waals surface area contributed by atoms with Crippen molar-refractivity contribution in [3.63, 3.8) is 0 Å². The number of hydrogen-bond donors (Lipinski definition) is 2. The number of nitrogen functional groups attached to an aromatic ring is 1. The Morgan fingerprint density at radius 1 is 1.21 bits per heavy atom. The fraction of sp³-hybridized carbons (Fsp3) is 0.143. The van der Waals surface area contributed by atoms with Crippen molar-refractivity contribution < 1.29 is 9.53 Å². The average molecular weight is 257 g/mol. The molecule has 0 atom stereocenters. The van der Waals surface area contributed by atoms with Crippen LogP contribution in [0.3, 0.4) is 0 Å². The van der Waals surface area contributed by atoms with Crippen LogP contribution >= 0.6 is 0 Å². The maximum absolute atomic E-state index is 12.0. The van der Waals surface area contributed by atoms with Gasteiger partial charge in [0.2, 0.25) is 0 Å². The van der Waals surface area contributed by atoms with Gasteiger partial charge in [0.05, 0.1) is 18.5 Å². The molecule has 0 unspecified atom stereocenters. The molecule has 0 saturated carbocycles. The lowest BCUT2D eigenvalue weighted by atomic mass is 10.2. The quantitative estimate of drug-likeness (QED) is 0.884. The third-order valence-electron chi connectivity index (χ3n) is 2.71. The first kappa shape index (κ1) is 12.9. The minimum absolute atomic E-state index is 0.197. The number of nitrogens with two attached hydrogens (primary N) is 1. The van der Waals surface area contributed by atoms with Gasteiger partial charge in [0, 0.05) is 5.56 Å². The Bertz CT molecular complexity index is 594. The lowest BCUT2D eigenvalue weighted by Crippen LogP contribution is -2.13. The van der Waals surface area contributed by atoms with E-state index < -0.39 is 0 Å². The van der Waals surface area contributed by atoms with Gasteiger partial charge < -0.3 is 15.8 Å².